The Morgan fingerprint density at radius 1 is 1.36 bits per heavy atom. The number of hydrogen-bond donors (Lipinski definition) is 2. The van der Waals surface area contributed by atoms with Crippen molar-refractivity contribution in [1.82, 2.24) is 10.3 Å². The summed E-state index contributed by atoms with van der Waals surface area (Å²) in [6.45, 7) is 0.627. The molecule has 2 N–H and O–H groups in total. The molecular weight excluding hydrogens is 395 g/mol. The van der Waals surface area contributed by atoms with E-state index in [9.17, 15) is 18.0 Å². The van der Waals surface area contributed by atoms with Crippen LogP contribution in [0.4, 0.5) is 13.2 Å². The highest BCUT2D eigenvalue weighted by molar-refractivity contribution is 8.00. The van der Waals surface area contributed by atoms with Gasteiger partial charge in [-0.15, -0.1) is 11.8 Å². The van der Waals surface area contributed by atoms with Gasteiger partial charge in [-0.05, 0) is 30.2 Å². The van der Waals surface area contributed by atoms with E-state index in [-0.39, 0.29) is 24.4 Å². The molecule has 0 spiro atoms. The second-order valence-electron chi connectivity index (χ2n) is 6.38. The number of carbonyl (C=O) groups is 1. The number of amides is 1. The lowest BCUT2D eigenvalue weighted by molar-refractivity contribution is -0.132. The van der Waals surface area contributed by atoms with Gasteiger partial charge in [0.15, 0.2) is 6.61 Å². The highest BCUT2D eigenvalue weighted by Crippen LogP contribution is 2.37. The van der Waals surface area contributed by atoms with Crippen LogP contribution in [-0.4, -0.2) is 58.6 Å². The molecule has 1 amide bonds. The number of hydrogen-bond acceptors (Lipinski definition) is 6. The number of thioether (sulfide) groups is 1. The Hall–Kier alpha value is -2.20. The molecule has 152 valence electrons. The number of rotatable bonds is 6. The van der Waals surface area contributed by atoms with Crippen LogP contribution in [-0.2, 0) is 11.4 Å². The largest absolute Gasteiger partial charge is 0.484 e. The van der Waals surface area contributed by atoms with Crippen molar-refractivity contribution in [2.75, 3.05) is 19.7 Å². The number of aliphatic hydroxyl groups is 1. The minimum atomic E-state index is -4.43. The Morgan fingerprint density at radius 2 is 2.11 bits per heavy atom. The second kappa shape index (κ2) is 8.87. The fraction of sp³-hybridized carbons (Fsp3) is 0.444. The normalized spacial score (nSPS) is 22.0. The number of benzene rings is 1. The Labute approximate surface area is 164 Å². The topological polar surface area (TPSA) is 74.2 Å². The van der Waals surface area contributed by atoms with Gasteiger partial charge in [0.25, 0.3) is 5.91 Å². The average Bonchev–Trinajstić information content (AvgIpc) is 3.14. The van der Waals surface area contributed by atoms with E-state index in [2.05, 4.69) is 10.5 Å². The second-order valence-corrected chi connectivity index (χ2v) is 7.79. The molecule has 1 saturated heterocycles. The van der Waals surface area contributed by atoms with Crippen LogP contribution >= 0.6 is 11.8 Å². The fourth-order valence-electron chi connectivity index (χ4n) is 2.92. The van der Waals surface area contributed by atoms with E-state index in [1.54, 1.807) is 29.2 Å². The zero-order chi connectivity index (χ0) is 20.1. The van der Waals surface area contributed by atoms with Crippen molar-refractivity contribution in [2.24, 2.45) is 5.10 Å². The molecule has 2 aliphatic heterocycles. The van der Waals surface area contributed by atoms with E-state index in [4.69, 9.17) is 9.84 Å². The molecule has 0 saturated carbocycles. The number of aliphatic hydroxyl groups excluding tert-OH is 1. The third-order valence-corrected chi connectivity index (χ3v) is 5.83. The number of nitrogens with one attached hydrogen (secondary N) is 1. The molecule has 0 aliphatic carbocycles. The van der Waals surface area contributed by atoms with Crippen molar-refractivity contribution >= 4 is 23.9 Å². The first-order valence-corrected chi connectivity index (χ1v) is 9.63. The van der Waals surface area contributed by atoms with Crippen LogP contribution in [0.3, 0.4) is 0 Å². The van der Waals surface area contributed by atoms with Crippen molar-refractivity contribution in [2.45, 2.75) is 29.8 Å². The van der Waals surface area contributed by atoms with Gasteiger partial charge in [0.1, 0.15) is 11.1 Å². The standard InChI is InChI=1S/C18H20F3N3O3S/c19-18(20,21)15-5-7-22-23-17(15)28-14-6-8-24(9-14)16(26)11-27-13-3-1-12(10-25)2-4-13/h1-5,7,14,17,23,25H,6,8-11H2. The van der Waals surface area contributed by atoms with Crippen molar-refractivity contribution in [3.8, 4) is 5.75 Å². The maximum absolute atomic E-state index is 13.1. The maximum atomic E-state index is 13.1. The Morgan fingerprint density at radius 3 is 2.79 bits per heavy atom. The molecule has 28 heavy (non-hydrogen) atoms. The van der Waals surface area contributed by atoms with Crippen LogP contribution in [0.1, 0.15) is 12.0 Å². The van der Waals surface area contributed by atoms with Crippen molar-refractivity contribution in [1.29, 1.82) is 0 Å². The van der Waals surface area contributed by atoms with Crippen LogP contribution in [0.25, 0.3) is 0 Å². The fourth-order valence-corrected chi connectivity index (χ4v) is 4.29. The Balaban J connectivity index is 1.48. The van der Waals surface area contributed by atoms with E-state index < -0.39 is 17.1 Å². The summed E-state index contributed by atoms with van der Waals surface area (Å²) in [6.07, 6.45) is -1.75. The molecule has 0 aromatic heterocycles. The van der Waals surface area contributed by atoms with Crippen molar-refractivity contribution < 1.29 is 27.8 Å². The zero-order valence-electron chi connectivity index (χ0n) is 14.9. The summed E-state index contributed by atoms with van der Waals surface area (Å²) in [6, 6.07) is 6.74. The van der Waals surface area contributed by atoms with Gasteiger partial charge in [0, 0.05) is 24.6 Å². The van der Waals surface area contributed by atoms with Crippen LogP contribution in [0, 0.1) is 0 Å². The number of nitrogens with zero attached hydrogens (tertiary/aromatic N) is 2. The molecule has 2 aliphatic rings. The van der Waals surface area contributed by atoms with Gasteiger partial charge in [-0.25, -0.2) is 0 Å². The van der Waals surface area contributed by atoms with Gasteiger partial charge in [-0.3, -0.25) is 10.2 Å². The van der Waals surface area contributed by atoms with E-state index in [1.165, 1.54) is 0 Å². The van der Waals surface area contributed by atoms with Gasteiger partial charge in [0.05, 0.1) is 12.2 Å². The van der Waals surface area contributed by atoms with Gasteiger partial charge >= 0.3 is 6.18 Å². The van der Waals surface area contributed by atoms with Crippen LogP contribution < -0.4 is 10.2 Å². The number of halogens is 3. The molecule has 3 rings (SSSR count). The lowest BCUT2D eigenvalue weighted by Gasteiger charge is -2.26. The predicted octanol–water partition coefficient (Wildman–Crippen LogP) is 2.30. The Kier molecular flexibility index (Phi) is 6.50. The minimum Gasteiger partial charge on any atom is -0.484 e. The quantitative estimate of drug-likeness (QED) is 0.746. The SMILES string of the molecule is O=C(COc1ccc(CO)cc1)N1CCC(SC2NN=CC=C2C(F)(F)F)C1. The van der Waals surface area contributed by atoms with Gasteiger partial charge in [-0.1, -0.05) is 12.1 Å². The maximum Gasteiger partial charge on any atom is 0.415 e. The number of hydrazone groups is 1. The third-order valence-electron chi connectivity index (χ3n) is 4.42. The molecule has 0 bridgehead atoms. The average molecular weight is 415 g/mol. The summed E-state index contributed by atoms with van der Waals surface area (Å²) in [5.41, 5.74) is 2.57. The third kappa shape index (κ3) is 5.20. The molecular formula is C18H20F3N3O3S. The number of alkyl halides is 3. The van der Waals surface area contributed by atoms with E-state index in [0.29, 0.717) is 25.3 Å². The molecule has 6 nitrogen and oxygen atoms in total. The smallest absolute Gasteiger partial charge is 0.415 e. The van der Waals surface area contributed by atoms with E-state index in [1.807, 2.05) is 0 Å². The molecule has 2 unspecified atom stereocenters. The molecule has 2 heterocycles. The van der Waals surface area contributed by atoms with Crippen LogP contribution in [0.15, 0.2) is 41.0 Å². The summed E-state index contributed by atoms with van der Waals surface area (Å²) in [5, 5.41) is 11.6. The van der Waals surface area contributed by atoms with E-state index in [0.717, 1.165) is 29.6 Å². The molecule has 10 heteroatoms. The lowest BCUT2D eigenvalue weighted by atomic mass is 10.2. The highest BCUT2D eigenvalue weighted by Gasteiger charge is 2.41. The number of carbonyl (C=O) groups excluding carboxylic acids is 1. The first kappa shape index (κ1) is 20.5. The minimum absolute atomic E-state index is 0.0710. The van der Waals surface area contributed by atoms with Gasteiger partial charge < -0.3 is 14.7 Å². The van der Waals surface area contributed by atoms with Gasteiger partial charge in [0.2, 0.25) is 0 Å². The molecule has 0 radical (unpaired) electrons. The first-order valence-electron chi connectivity index (χ1n) is 8.68. The van der Waals surface area contributed by atoms with Crippen molar-refractivity contribution in [3.05, 3.63) is 41.5 Å². The summed E-state index contributed by atoms with van der Waals surface area (Å²) >= 11 is 1.13. The number of ether oxygens (including phenoxy) is 1. The zero-order valence-corrected chi connectivity index (χ0v) is 15.7. The lowest BCUT2D eigenvalue weighted by Crippen LogP contribution is -2.36. The van der Waals surface area contributed by atoms with E-state index >= 15 is 0 Å². The van der Waals surface area contributed by atoms with Crippen LogP contribution in [0.5, 0.6) is 5.75 Å². The summed E-state index contributed by atoms with van der Waals surface area (Å²) < 4.78 is 44.8. The molecule has 1 aromatic carbocycles. The summed E-state index contributed by atoms with van der Waals surface area (Å²) in [4.78, 5) is 13.9. The number of likely N-dealkylation sites (tertiary alicyclic amines) is 1. The molecule has 1 aromatic rings. The van der Waals surface area contributed by atoms with Crippen molar-refractivity contribution in [3.63, 3.8) is 0 Å². The summed E-state index contributed by atoms with van der Waals surface area (Å²) in [7, 11) is 0. The summed E-state index contributed by atoms with van der Waals surface area (Å²) in [5.74, 6) is 0.301. The number of allylic oxidation sites excluding steroid dienone is 1. The van der Waals surface area contributed by atoms with Gasteiger partial charge in [-0.2, -0.15) is 18.3 Å². The monoisotopic (exact) mass is 415 g/mol. The Bertz CT molecular complexity index is 753. The molecule has 1 fully saturated rings. The first-order chi connectivity index (χ1) is 13.4. The molecule has 2 atom stereocenters. The van der Waals surface area contributed by atoms with Crippen LogP contribution in [0.2, 0.25) is 0 Å². The highest BCUT2D eigenvalue weighted by atomic mass is 32.2. The predicted molar refractivity (Wildman–Crippen MR) is 100.0 cm³/mol.